The topological polar surface area (TPSA) is 59.8 Å². The highest BCUT2D eigenvalue weighted by molar-refractivity contribution is 6.10. The normalized spacial score (nSPS) is 15.1. The smallest absolute Gasteiger partial charge is 0.295 e. The first-order chi connectivity index (χ1) is 16.4. The zero-order chi connectivity index (χ0) is 24.0. The molecule has 0 saturated heterocycles. The Hall–Kier alpha value is -3.86. The van der Waals surface area contributed by atoms with Gasteiger partial charge in [0.25, 0.3) is 5.91 Å². The lowest BCUT2D eigenvalue weighted by atomic mass is 9.97. The molecule has 1 aromatic heterocycles. The molecule has 5 rings (SSSR count). The molecule has 5 heteroatoms. The second-order valence-electron chi connectivity index (χ2n) is 8.94. The van der Waals surface area contributed by atoms with Crippen LogP contribution in [0.1, 0.15) is 57.8 Å². The minimum absolute atomic E-state index is 0.101. The molecule has 1 amide bonds. The van der Waals surface area contributed by atoms with Gasteiger partial charge in [0, 0.05) is 5.69 Å². The third kappa shape index (κ3) is 3.58. The lowest BCUT2D eigenvalue weighted by molar-refractivity contribution is 0.0971. The SMILES string of the molecule is CCCOc1cccc(C2c3c(oc4ccc(C)cc4c3=O)C(=O)N2c2ccc(C)c(C)c2)c1. The predicted molar refractivity (Wildman–Crippen MR) is 134 cm³/mol. The van der Waals surface area contributed by atoms with Crippen molar-refractivity contribution in [3.8, 4) is 5.75 Å². The van der Waals surface area contributed by atoms with Gasteiger partial charge >= 0.3 is 0 Å². The number of carbonyl (C=O) groups is 1. The summed E-state index contributed by atoms with van der Waals surface area (Å²) in [6.45, 7) is 8.63. The van der Waals surface area contributed by atoms with Gasteiger partial charge in [-0.25, -0.2) is 0 Å². The maximum absolute atomic E-state index is 13.8. The largest absolute Gasteiger partial charge is 0.494 e. The fraction of sp³-hybridized carbons (Fsp3) is 0.241. The van der Waals surface area contributed by atoms with E-state index in [1.807, 2.05) is 75.4 Å². The van der Waals surface area contributed by atoms with Gasteiger partial charge in [0.05, 0.1) is 23.6 Å². The van der Waals surface area contributed by atoms with E-state index in [1.165, 1.54) is 0 Å². The van der Waals surface area contributed by atoms with Gasteiger partial charge in [0.1, 0.15) is 11.3 Å². The van der Waals surface area contributed by atoms with Gasteiger partial charge < -0.3 is 9.15 Å². The minimum atomic E-state index is -0.615. The average molecular weight is 454 g/mol. The van der Waals surface area contributed by atoms with Crippen LogP contribution in [0, 0.1) is 20.8 Å². The summed E-state index contributed by atoms with van der Waals surface area (Å²) >= 11 is 0. The fourth-order valence-corrected chi connectivity index (χ4v) is 4.54. The Morgan fingerprint density at radius 2 is 1.76 bits per heavy atom. The molecule has 0 saturated carbocycles. The lowest BCUT2D eigenvalue weighted by Gasteiger charge is -2.26. The van der Waals surface area contributed by atoms with Crippen LogP contribution in [0.3, 0.4) is 0 Å². The lowest BCUT2D eigenvalue weighted by Crippen LogP contribution is -2.29. The number of fused-ring (bicyclic) bond motifs is 2. The second-order valence-corrected chi connectivity index (χ2v) is 8.94. The Morgan fingerprint density at radius 1 is 0.941 bits per heavy atom. The van der Waals surface area contributed by atoms with Crippen LogP contribution in [0.2, 0.25) is 0 Å². The molecule has 1 aliphatic rings. The summed E-state index contributed by atoms with van der Waals surface area (Å²) in [6.07, 6.45) is 0.888. The molecule has 34 heavy (non-hydrogen) atoms. The quantitative estimate of drug-likeness (QED) is 0.358. The molecule has 172 valence electrons. The number of hydrogen-bond donors (Lipinski definition) is 0. The van der Waals surface area contributed by atoms with E-state index in [2.05, 4.69) is 6.92 Å². The molecule has 0 aliphatic carbocycles. The number of anilines is 1. The van der Waals surface area contributed by atoms with Crippen molar-refractivity contribution < 1.29 is 13.9 Å². The Morgan fingerprint density at radius 3 is 2.53 bits per heavy atom. The summed E-state index contributed by atoms with van der Waals surface area (Å²) in [6, 6.07) is 18.4. The monoisotopic (exact) mass is 453 g/mol. The molecule has 0 spiro atoms. The standard InChI is InChI=1S/C29H27NO4/c1-5-13-33-22-8-6-7-20(16-22)26-25-27(31)23-14-17(2)9-12-24(23)34-28(25)29(32)30(26)21-11-10-18(3)19(4)15-21/h6-12,14-16,26H,5,13H2,1-4H3. The Bertz CT molecular complexity index is 1480. The van der Waals surface area contributed by atoms with Crippen molar-refractivity contribution in [3.05, 3.63) is 104 Å². The van der Waals surface area contributed by atoms with Crippen LogP contribution in [0.25, 0.3) is 11.0 Å². The van der Waals surface area contributed by atoms with Crippen molar-refractivity contribution in [3.63, 3.8) is 0 Å². The van der Waals surface area contributed by atoms with E-state index in [-0.39, 0.29) is 17.1 Å². The minimum Gasteiger partial charge on any atom is -0.494 e. The van der Waals surface area contributed by atoms with E-state index in [0.29, 0.717) is 28.9 Å². The molecule has 0 N–H and O–H groups in total. The zero-order valence-corrected chi connectivity index (χ0v) is 19.8. The number of carbonyl (C=O) groups excluding carboxylic acids is 1. The summed E-state index contributed by atoms with van der Waals surface area (Å²) in [5.74, 6) is 0.494. The first kappa shape index (κ1) is 22.0. The molecular weight excluding hydrogens is 426 g/mol. The van der Waals surface area contributed by atoms with Gasteiger partial charge in [-0.15, -0.1) is 0 Å². The van der Waals surface area contributed by atoms with Crippen LogP contribution in [0.15, 0.2) is 69.9 Å². The number of aryl methyl sites for hydroxylation is 3. The molecule has 5 nitrogen and oxygen atoms in total. The number of ether oxygens (including phenoxy) is 1. The van der Waals surface area contributed by atoms with Crippen molar-refractivity contribution in [2.24, 2.45) is 0 Å². The highest BCUT2D eigenvalue weighted by Crippen LogP contribution is 2.42. The zero-order valence-electron chi connectivity index (χ0n) is 19.8. The van der Waals surface area contributed by atoms with Crippen LogP contribution < -0.4 is 15.1 Å². The van der Waals surface area contributed by atoms with E-state index < -0.39 is 6.04 Å². The predicted octanol–water partition coefficient (Wildman–Crippen LogP) is 6.26. The molecular formula is C29H27NO4. The third-order valence-corrected chi connectivity index (χ3v) is 6.44. The number of nitrogens with zero attached hydrogens (tertiary/aromatic N) is 1. The first-order valence-electron chi connectivity index (χ1n) is 11.6. The van der Waals surface area contributed by atoms with E-state index in [4.69, 9.17) is 9.15 Å². The number of benzene rings is 3. The summed E-state index contributed by atoms with van der Waals surface area (Å²) in [5.41, 5.74) is 5.31. The summed E-state index contributed by atoms with van der Waals surface area (Å²) in [7, 11) is 0. The molecule has 3 aromatic carbocycles. The average Bonchev–Trinajstić information content (AvgIpc) is 3.13. The van der Waals surface area contributed by atoms with E-state index in [0.717, 1.165) is 34.4 Å². The first-order valence-corrected chi connectivity index (χ1v) is 11.6. The molecule has 0 bridgehead atoms. The number of amides is 1. The Balaban J connectivity index is 1.77. The number of rotatable bonds is 5. The van der Waals surface area contributed by atoms with Gasteiger partial charge in [-0.2, -0.15) is 0 Å². The van der Waals surface area contributed by atoms with Crippen LogP contribution in [0.5, 0.6) is 5.75 Å². The highest BCUT2D eigenvalue weighted by atomic mass is 16.5. The van der Waals surface area contributed by atoms with Crippen LogP contribution >= 0.6 is 0 Å². The van der Waals surface area contributed by atoms with Crippen LogP contribution in [0.4, 0.5) is 5.69 Å². The molecule has 4 aromatic rings. The summed E-state index contributed by atoms with van der Waals surface area (Å²) < 4.78 is 11.9. The Kier molecular flexibility index (Phi) is 5.48. The fourth-order valence-electron chi connectivity index (χ4n) is 4.54. The molecule has 2 heterocycles. The third-order valence-electron chi connectivity index (χ3n) is 6.44. The van der Waals surface area contributed by atoms with E-state index in [1.54, 1.807) is 11.0 Å². The molecule has 1 unspecified atom stereocenters. The van der Waals surface area contributed by atoms with Gasteiger partial charge in [0.2, 0.25) is 5.76 Å². The Labute approximate surface area is 198 Å². The molecule has 0 fully saturated rings. The summed E-state index contributed by atoms with van der Waals surface area (Å²) in [4.78, 5) is 29.2. The van der Waals surface area contributed by atoms with Crippen LogP contribution in [-0.2, 0) is 0 Å². The maximum Gasteiger partial charge on any atom is 0.295 e. The van der Waals surface area contributed by atoms with Gasteiger partial charge in [-0.1, -0.05) is 36.8 Å². The van der Waals surface area contributed by atoms with E-state index >= 15 is 0 Å². The van der Waals surface area contributed by atoms with Gasteiger partial charge in [-0.3, -0.25) is 14.5 Å². The van der Waals surface area contributed by atoms with E-state index in [9.17, 15) is 9.59 Å². The van der Waals surface area contributed by atoms with Crippen molar-refractivity contribution >= 4 is 22.6 Å². The molecule has 1 atom stereocenters. The van der Waals surface area contributed by atoms with Crippen molar-refractivity contribution in [2.75, 3.05) is 11.5 Å². The highest BCUT2D eigenvalue weighted by Gasteiger charge is 2.43. The van der Waals surface area contributed by atoms with Gasteiger partial charge in [0.15, 0.2) is 5.43 Å². The van der Waals surface area contributed by atoms with Crippen molar-refractivity contribution in [1.82, 2.24) is 0 Å². The maximum atomic E-state index is 13.8. The van der Waals surface area contributed by atoms with Crippen LogP contribution in [-0.4, -0.2) is 12.5 Å². The van der Waals surface area contributed by atoms with Gasteiger partial charge in [-0.05, 0) is 80.3 Å². The number of hydrogen-bond acceptors (Lipinski definition) is 4. The van der Waals surface area contributed by atoms with Crippen molar-refractivity contribution in [2.45, 2.75) is 40.2 Å². The summed E-state index contributed by atoms with van der Waals surface area (Å²) in [5, 5.41) is 0.483. The second kappa shape index (κ2) is 8.49. The molecule has 0 radical (unpaired) electrons. The molecule has 1 aliphatic heterocycles. The van der Waals surface area contributed by atoms with Crippen molar-refractivity contribution in [1.29, 1.82) is 0 Å².